The van der Waals surface area contributed by atoms with E-state index >= 15 is 0 Å². The Morgan fingerprint density at radius 1 is 1.36 bits per heavy atom. The van der Waals surface area contributed by atoms with Gasteiger partial charge < -0.3 is 4.90 Å². The van der Waals surface area contributed by atoms with Crippen LogP contribution in [0.4, 0.5) is 0 Å². The number of aromatic nitrogens is 4. The van der Waals surface area contributed by atoms with Crippen LogP contribution in [0.3, 0.4) is 0 Å². The molecule has 0 saturated carbocycles. The summed E-state index contributed by atoms with van der Waals surface area (Å²) < 4.78 is 1.93. The molecule has 116 valence electrons. The lowest BCUT2D eigenvalue weighted by atomic mass is 10.0. The summed E-state index contributed by atoms with van der Waals surface area (Å²) >= 11 is 0. The van der Waals surface area contributed by atoms with Gasteiger partial charge in [-0.25, -0.2) is 9.97 Å². The summed E-state index contributed by atoms with van der Waals surface area (Å²) in [5, 5.41) is 4.34. The Kier molecular flexibility index (Phi) is 4.18. The second-order valence-electron chi connectivity index (χ2n) is 5.88. The predicted octanol–water partition coefficient (Wildman–Crippen LogP) is 1.98. The van der Waals surface area contributed by atoms with Gasteiger partial charge in [0.25, 0.3) is 5.91 Å². The van der Waals surface area contributed by atoms with Crippen molar-refractivity contribution >= 4 is 5.91 Å². The molecule has 0 N–H and O–H groups in total. The van der Waals surface area contributed by atoms with Crippen molar-refractivity contribution in [2.24, 2.45) is 0 Å². The van der Waals surface area contributed by atoms with Crippen molar-refractivity contribution < 1.29 is 4.79 Å². The smallest absolute Gasteiger partial charge is 0.272 e. The molecule has 2 aromatic heterocycles. The molecule has 0 spiro atoms. The largest absolute Gasteiger partial charge is 0.332 e. The first-order valence-electron chi connectivity index (χ1n) is 7.73. The second-order valence-corrected chi connectivity index (χ2v) is 5.88. The SMILES string of the molecule is Cc1cnn(CC2CCCCN2C(=O)c2ccnc(C)n2)c1. The Balaban J connectivity index is 1.78. The van der Waals surface area contributed by atoms with E-state index < -0.39 is 0 Å². The number of carbonyl (C=O) groups is 1. The molecule has 1 fully saturated rings. The molecule has 0 radical (unpaired) electrons. The van der Waals surface area contributed by atoms with Crippen LogP contribution in [0.5, 0.6) is 0 Å². The van der Waals surface area contributed by atoms with E-state index in [2.05, 4.69) is 15.1 Å². The molecule has 1 unspecified atom stereocenters. The molecule has 0 bridgehead atoms. The zero-order valence-corrected chi connectivity index (χ0v) is 13.1. The van der Waals surface area contributed by atoms with Crippen molar-refractivity contribution in [3.8, 4) is 0 Å². The van der Waals surface area contributed by atoms with Gasteiger partial charge in [0, 0.05) is 18.9 Å². The van der Waals surface area contributed by atoms with Gasteiger partial charge in [-0.05, 0) is 44.7 Å². The lowest BCUT2D eigenvalue weighted by molar-refractivity contribution is 0.0577. The molecule has 0 aromatic carbocycles. The van der Waals surface area contributed by atoms with Crippen LogP contribution in [0.25, 0.3) is 0 Å². The third-order valence-electron chi connectivity index (χ3n) is 4.04. The van der Waals surface area contributed by atoms with E-state index in [1.807, 2.05) is 28.9 Å². The zero-order chi connectivity index (χ0) is 15.5. The molecule has 22 heavy (non-hydrogen) atoms. The van der Waals surface area contributed by atoms with Crippen LogP contribution in [0.1, 0.15) is 41.1 Å². The Morgan fingerprint density at radius 2 is 2.23 bits per heavy atom. The summed E-state index contributed by atoms with van der Waals surface area (Å²) in [4.78, 5) is 23.0. The highest BCUT2D eigenvalue weighted by atomic mass is 16.2. The summed E-state index contributed by atoms with van der Waals surface area (Å²) in [6.45, 7) is 5.35. The van der Waals surface area contributed by atoms with Crippen LogP contribution in [-0.2, 0) is 6.54 Å². The minimum atomic E-state index is -0.000854. The summed E-state index contributed by atoms with van der Waals surface area (Å²) in [6, 6.07) is 1.87. The maximum atomic E-state index is 12.8. The molecular weight excluding hydrogens is 278 g/mol. The molecule has 1 aliphatic heterocycles. The summed E-state index contributed by atoms with van der Waals surface area (Å²) in [5.41, 5.74) is 1.62. The van der Waals surface area contributed by atoms with E-state index in [1.165, 1.54) is 0 Å². The number of carbonyl (C=O) groups excluding carboxylic acids is 1. The van der Waals surface area contributed by atoms with Crippen LogP contribution in [0, 0.1) is 13.8 Å². The molecule has 1 saturated heterocycles. The number of amides is 1. The number of likely N-dealkylation sites (tertiary alicyclic amines) is 1. The van der Waals surface area contributed by atoms with Crippen molar-refractivity contribution in [1.29, 1.82) is 0 Å². The van der Waals surface area contributed by atoms with Crippen molar-refractivity contribution in [3.63, 3.8) is 0 Å². The molecule has 6 nitrogen and oxygen atoms in total. The summed E-state index contributed by atoms with van der Waals surface area (Å²) in [5.74, 6) is 0.626. The van der Waals surface area contributed by atoms with Crippen LogP contribution < -0.4 is 0 Å². The van der Waals surface area contributed by atoms with E-state index in [0.717, 1.165) is 37.9 Å². The first kappa shape index (κ1) is 14.7. The Morgan fingerprint density at radius 3 is 2.95 bits per heavy atom. The van der Waals surface area contributed by atoms with Crippen LogP contribution in [-0.4, -0.2) is 43.1 Å². The summed E-state index contributed by atoms with van der Waals surface area (Å²) in [7, 11) is 0. The van der Waals surface area contributed by atoms with Crippen molar-refractivity contribution in [2.45, 2.75) is 45.7 Å². The normalized spacial score (nSPS) is 18.5. The van der Waals surface area contributed by atoms with Crippen molar-refractivity contribution in [2.75, 3.05) is 6.54 Å². The van der Waals surface area contributed by atoms with Crippen molar-refractivity contribution in [1.82, 2.24) is 24.6 Å². The van der Waals surface area contributed by atoms with Gasteiger partial charge in [-0.2, -0.15) is 5.10 Å². The molecule has 1 aliphatic rings. The standard InChI is InChI=1S/C16H21N5O/c1-12-9-18-20(10-12)11-14-5-3-4-8-21(14)16(22)15-6-7-17-13(2)19-15/h6-7,9-10,14H,3-5,8,11H2,1-2H3. The lowest BCUT2D eigenvalue weighted by Gasteiger charge is -2.35. The summed E-state index contributed by atoms with van der Waals surface area (Å²) in [6.07, 6.45) is 8.72. The van der Waals surface area contributed by atoms with Crippen LogP contribution in [0.2, 0.25) is 0 Å². The van der Waals surface area contributed by atoms with Gasteiger partial charge in [0.1, 0.15) is 11.5 Å². The molecule has 2 aromatic rings. The van der Waals surface area contributed by atoms with E-state index in [0.29, 0.717) is 11.5 Å². The number of rotatable bonds is 3. The highest BCUT2D eigenvalue weighted by molar-refractivity contribution is 5.92. The second kappa shape index (κ2) is 6.25. The van der Waals surface area contributed by atoms with E-state index in [4.69, 9.17) is 0 Å². The highest BCUT2D eigenvalue weighted by Crippen LogP contribution is 2.20. The molecule has 0 aliphatic carbocycles. The van der Waals surface area contributed by atoms with E-state index in [-0.39, 0.29) is 11.9 Å². The zero-order valence-electron chi connectivity index (χ0n) is 13.1. The third kappa shape index (κ3) is 3.16. The van der Waals surface area contributed by atoms with E-state index in [9.17, 15) is 4.79 Å². The fourth-order valence-corrected chi connectivity index (χ4v) is 2.96. The van der Waals surface area contributed by atoms with Gasteiger partial charge in [0.15, 0.2) is 0 Å². The number of hydrogen-bond acceptors (Lipinski definition) is 4. The Labute approximate surface area is 130 Å². The molecule has 3 rings (SSSR count). The van der Waals surface area contributed by atoms with Gasteiger partial charge in [-0.1, -0.05) is 0 Å². The fraction of sp³-hybridized carbons (Fsp3) is 0.500. The van der Waals surface area contributed by atoms with Crippen LogP contribution >= 0.6 is 0 Å². The van der Waals surface area contributed by atoms with Gasteiger partial charge in [-0.15, -0.1) is 0 Å². The minimum absolute atomic E-state index is 0.000854. The number of hydrogen-bond donors (Lipinski definition) is 0. The number of nitrogens with zero attached hydrogens (tertiary/aromatic N) is 5. The first-order chi connectivity index (χ1) is 10.6. The van der Waals surface area contributed by atoms with Gasteiger partial charge >= 0.3 is 0 Å². The third-order valence-corrected chi connectivity index (χ3v) is 4.04. The lowest BCUT2D eigenvalue weighted by Crippen LogP contribution is -2.46. The maximum absolute atomic E-state index is 12.8. The number of aryl methyl sites for hydroxylation is 2. The molecule has 1 atom stereocenters. The van der Waals surface area contributed by atoms with Gasteiger partial charge in [-0.3, -0.25) is 9.48 Å². The van der Waals surface area contributed by atoms with E-state index in [1.54, 1.807) is 19.2 Å². The minimum Gasteiger partial charge on any atom is -0.332 e. The average Bonchev–Trinajstić information content (AvgIpc) is 2.92. The fourth-order valence-electron chi connectivity index (χ4n) is 2.96. The maximum Gasteiger partial charge on any atom is 0.272 e. The first-order valence-corrected chi connectivity index (χ1v) is 7.73. The molecule has 6 heteroatoms. The highest BCUT2D eigenvalue weighted by Gasteiger charge is 2.28. The number of piperidine rings is 1. The van der Waals surface area contributed by atoms with Gasteiger partial charge in [0.2, 0.25) is 0 Å². The topological polar surface area (TPSA) is 63.9 Å². The molecular formula is C16H21N5O. The predicted molar refractivity (Wildman–Crippen MR) is 82.4 cm³/mol. The average molecular weight is 299 g/mol. The monoisotopic (exact) mass is 299 g/mol. The quantitative estimate of drug-likeness (QED) is 0.869. The Bertz CT molecular complexity index is 666. The van der Waals surface area contributed by atoms with Crippen LogP contribution in [0.15, 0.2) is 24.7 Å². The molecule has 3 heterocycles. The van der Waals surface area contributed by atoms with Gasteiger partial charge in [0.05, 0.1) is 18.8 Å². The molecule has 1 amide bonds. The Hall–Kier alpha value is -2.24. The van der Waals surface area contributed by atoms with Crippen molar-refractivity contribution in [3.05, 3.63) is 41.7 Å².